The molecule has 3 aromatic rings. The number of ketones is 1. The number of aryl methyl sites for hydroxylation is 1. The molecule has 0 bridgehead atoms. The van der Waals surface area contributed by atoms with E-state index in [1.54, 1.807) is 60.7 Å². The number of carbonyl (C=O) groups excluding carboxylic acids is 2. The molecule has 0 saturated heterocycles. The topological polar surface area (TPSA) is 92.3 Å². The average Bonchev–Trinajstić information content (AvgIpc) is 2.77. The molecule has 0 aliphatic rings. The molecule has 0 spiro atoms. The highest BCUT2D eigenvalue weighted by Gasteiger charge is 2.18. The summed E-state index contributed by atoms with van der Waals surface area (Å²) < 4.78 is 27.0. The Kier molecular flexibility index (Phi) is 6.76. The Hall–Kier alpha value is -3.29. The van der Waals surface area contributed by atoms with Gasteiger partial charge in [-0.3, -0.25) is 9.59 Å². The normalized spacial score (nSPS) is 11.1. The number of nitrogens with one attached hydrogen (secondary N) is 2. The van der Waals surface area contributed by atoms with E-state index in [-0.39, 0.29) is 29.3 Å². The van der Waals surface area contributed by atoms with Gasteiger partial charge < -0.3 is 5.32 Å². The van der Waals surface area contributed by atoms with Crippen LogP contribution in [0.1, 0.15) is 31.8 Å². The van der Waals surface area contributed by atoms with Gasteiger partial charge in [0.15, 0.2) is 5.78 Å². The molecule has 154 valence electrons. The first-order valence-electron chi connectivity index (χ1n) is 9.42. The molecule has 0 radical (unpaired) electrons. The summed E-state index contributed by atoms with van der Waals surface area (Å²) in [5, 5.41) is 2.66. The van der Waals surface area contributed by atoms with Gasteiger partial charge in [-0.1, -0.05) is 66.2 Å². The van der Waals surface area contributed by atoms with Gasteiger partial charge in [-0.15, -0.1) is 0 Å². The Balaban J connectivity index is 1.62. The largest absolute Gasteiger partial charge is 0.351 e. The molecule has 0 aliphatic heterocycles. The molecule has 0 unspecified atom stereocenters. The van der Waals surface area contributed by atoms with Crippen LogP contribution in [0.15, 0.2) is 83.8 Å². The molecule has 0 heterocycles. The van der Waals surface area contributed by atoms with Gasteiger partial charge in [0.25, 0.3) is 5.91 Å². The molecule has 7 heteroatoms. The van der Waals surface area contributed by atoms with Gasteiger partial charge in [-0.2, -0.15) is 0 Å². The highest BCUT2D eigenvalue weighted by Crippen LogP contribution is 2.15. The van der Waals surface area contributed by atoms with Crippen LogP contribution in [-0.2, 0) is 10.0 Å². The summed E-state index contributed by atoms with van der Waals surface area (Å²) in [5.74, 6) is -0.689. The standard InChI is InChI=1S/C23H22N2O4S/c1-17-11-13-19(14-12-17)30(28,29)25-16-15-24-23(27)21-10-6-5-9-20(21)22(26)18-7-3-2-4-8-18/h2-14,25H,15-16H2,1H3,(H,24,27). The van der Waals surface area contributed by atoms with Gasteiger partial charge in [-0.25, -0.2) is 13.1 Å². The van der Waals surface area contributed by atoms with Crippen LogP contribution in [0.3, 0.4) is 0 Å². The lowest BCUT2D eigenvalue weighted by atomic mass is 9.98. The highest BCUT2D eigenvalue weighted by atomic mass is 32.2. The molecule has 0 fully saturated rings. The van der Waals surface area contributed by atoms with Crippen LogP contribution in [0.2, 0.25) is 0 Å². The van der Waals surface area contributed by atoms with E-state index in [1.165, 1.54) is 12.1 Å². The van der Waals surface area contributed by atoms with E-state index in [2.05, 4.69) is 10.0 Å². The number of carbonyl (C=O) groups is 2. The second-order valence-corrected chi connectivity index (χ2v) is 8.47. The van der Waals surface area contributed by atoms with Crippen LogP contribution in [0.4, 0.5) is 0 Å². The third kappa shape index (κ3) is 5.20. The van der Waals surface area contributed by atoms with Gasteiger partial charge in [0.05, 0.1) is 10.5 Å². The Labute approximate surface area is 176 Å². The zero-order chi connectivity index (χ0) is 21.6. The zero-order valence-corrected chi connectivity index (χ0v) is 17.3. The Morgan fingerprint density at radius 3 is 2.03 bits per heavy atom. The molecule has 0 atom stereocenters. The van der Waals surface area contributed by atoms with E-state index in [9.17, 15) is 18.0 Å². The fourth-order valence-corrected chi connectivity index (χ4v) is 3.91. The van der Waals surface area contributed by atoms with Crippen molar-refractivity contribution in [2.45, 2.75) is 11.8 Å². The van der Waals surface area contributed by atoms with Crippen LogP contribution in [0, 0.1) is 6.92 Å². The maximum absolute atomic E-state index is 12.7. The average molecular weight is 423 g/mol. The summed E-state index contributed by atoms with van der Waals surface area (Å²) in [7, 11) is -3.65. The van der Waals surface area contributed by atoms with Gasteiger partial charge in [0.2, 0.25) is 10.0 Å². The lowest BCUT2D eigenvalue weighted by Crippen LogP contribution is -2.35. The molecule has 0 aliphatic carbocycles. The van der Waals surface area contributed by atoms with Crippen molar-refractivity contribution in [3.05, 3.63) is 101 Å². The number of sulfonamides is 1. The molecule has 0 aromatic heterocycles. The summed E-state index contributed by atoms with van der Waals surface area (Å²) in [5.41, 5.74) is 1.99. The van der Waals surface area contributed by atoms with E-state index in [0.717, 1.165) is 5.56 Å². The summed E-state index contributed by atoms with van der Waals surface area (Å²) in [4.78, 5) is 25.5. The van der Waals surface area contributed by atoms with Crippen LogP contribution in [0.5, 0.6) is 0 Å². The first-order valence-corrected chi connectivity index (χ1v) is 10.9. The predicted molar refractivity (Wildman–Crippen MR) is 115 cm³/mol. The maximum atomic E-state index is 12.7. The Morgan fingerprint density at radius 1 is 0.767 bits per heavy atom. The third-order valence-electron chi connectivity index (χ3n) is 4.49. The monoisotopic (exact) mass is 422 g/mol. The lowest BCUT2D eigenvalue weighted by molar-refractivity contribution is 0.0943. The molecule has 0 saturated carbocycles. The van der Waals surface area contributed by atoms with Crippen molar-refractivity contribution < 1.29 is 18.0 Å². The molecule has 30 heavy (non-hydrogen) atoms. The molecule has 1 amide bonds. The smallest absolute Gasteiger partial charge is 0.252 e. The van der Waals surface area contributed by atoms with Crippen LogP contribution >= 0.6 is 0 Å². The second-order valence-electron chi connectivity index (χ2n) is 6.71. The zero-order valence-electron chi connectivity index (χ0n) is 16.5. The maximum Gasteiger partial charge on any atom is 0.252 e. The second kappa shape index (κ2) is 9.47. The minimum absolute atomic E-state index is 0.0246. The van der Waals surface area contributed by atoms with Crippen molar-refractivity contribution in [2.24, 2.45) is 0 Å². The molecular formula is C23H22N2O4S. The fraction of sp³-hybridized carbons (Fsp3) is 0.130. The number of hydrogen-bond acceptors (Lipinski definition) is 4. The van der Waals surface area contributed by atoms with Crippen molar-refractivity contribution >= 4 is 21.7 Å². The number of amides is 1. The van der Waals surface area contributed by atoms with Crippen molar-refractivity contribution in [3.63, 3.8) is 0 Å². The first-order chi connectivity index (χ1) is 14.4. The van der Waals surface area contributed by atoms with Gasteiger partial charge >= 0.3 is 0 Å². The summed E-state index contributed by atoms with van der Waals surface area (Å²) in [6, 6.07) is 21.8. The van der Waals surface area contributed by atoms with Crippen molar-refractivity contribution in [2.75, 3.05) is 13.1 Å². The summed E-state index contributed by atoms with van der Waals surface area (Å²) >= 11 is 0. The fourth-order valence-electron chi connectivity index (χ4n) is 2.88. The van der Waals surface area contributed by atoms with Crippen molar-refractivity contribution in [1.82, 2.24) is 10.0 Å². The van der Waals surface area contributed by atoms with E-state index >= 15 is 0 Å². The van der Waals surface area contributed by atoms with E-state index in [0.29, 0.717) is 11.1 Å². The number of rotatable bonds is 8. The predicted octanol–water partition coefficient (Wildman–Crippen LogP) is 2.93. The lowest BCUT2D eigenvalue weighted by Gasteiger charge is -2.11. The molecule has 6 nitrogen and oxygen atoms in total. The van der Waals surface area contributed by atoms with E-state index < -0.39 is 15.9 Å². The number of hydrogen-bond donors (Lipinski definition) is 2. The Bertz CT molecular complexity index is 1140. The van der Waals surface area contributed by atoms with Crippen molar-refractivity contribution in [1.29, 1.82) is 0 Å². The summed E-state index contributed by atoms with van der Waals surface area (Å²) in [6.45, 7) is 1.98. The molecule has 3 rings (SSSR count). The van der Waals surface area contributed by atoms with Gasteiger partial charge in [0, 0.05) is 24.2 Å². The minimum atomic E-state index is -3.65. The van der Waals surface area contributed by atoms with Gasteiger partial charge in [0.1, 0.15) is 0 Å². The summed E-state index contributed by atoms with van der Waals surface area (Å²) in [6.07, 6.45) is 0. The van der Waals surface area contributed by atoms with Crippen molar-refractivity contribution in [3.8, 4) is 0 Å². The quantitative estimate of drug-likeness (QED) is 0.431. The van der Waals surface area contributed by atoms with E-state index in [4.69, 9.17) is 0 Å². The minimum Gasteiger partial charge on any atom is -0.351 e. The number of benzene rings is 3. The van der Waals surface area contributed by atoms with E-state index in [1.807, 2.05) is 13.0 Å². The molecule has 2 N–H and O–H groups in total. The molecular weight excluding hydrogens is 400 g/mol. The van der Waals surface area contributed by atoms with Crippen LogP contribution in [0.25, 0.3) is 0 Å². The highest BCUT2D eigenvalue weighted by molar-refractivity contribution is 7.89. The van der Waals surface area contributed by atoms with Crippen LogP contribution in [-0.4, -0.2) is 33.2 Å². The third-order valence-corrected chi connectivity index (χ3v) is 5.96. The SMILES string of the molecule is Cc1ccc(S(=O)(=O)NCCNC(=O)c2ccccc2C(=O)c2ccccc2)cc1. The van der Waals surface area contributed by atoms with Crippen LogP contribution < -0.4 is 10.0 Å². The first kappa shape index (κ1) is 21.4. The van der Waals surface area contributed by atoms with Gasteiger partial charge in [-0.05, 0) is 25.1 Å². The molecule has 3 aromatic carbocycles. The Morgan fingerprint density at radius 2 is 1.37 bits per heavy atom.